The molecular formula is C9H12Cl3N. The fourth-order valence-corrected chi connectivity index (χ4v) is 1.32. The minimum absolute atomic E-state index is 0. The zero-order valence-corrected chi connectivity index (χ0v) is 9.64. The summed E-state index contributed by atoms with van der Waals surface area (Å²) in [4.78, 5) is 0. The van der Waals surface area contributed by atoms with Crippen molar-refractivity contribution < 1.29 is 0 Å². The molecule has 74 valence electrons. The van der Waals surface area contributed by atoms with Crippen molar-refractivity contribution in [3.05, 3.63) is 33.8 Å². The van der Waals surface area contributed by atoms with Gasteiger partial charge in [0.1, 0.15) is 0 Å². The zero-order valence-electron chi connectivity index (χ0n) is 7.31. The van der Waals surface area contributed by atoms with E-state index in [4.69, 9.17) is 23.2 Å². The largest absolute Gasteiger partial charge is 0.313 e. The molecule has 0 saturated heterocycles. The number of nitrogens with one attached hydrogen (secondary N) is 1. The number of hydrogen-bond donors (Lipinski definition) is 1. The Morgan fingerprint density at radius 2 is 2.00 bits per heavy atom. The Hall–Kier alpha value is 0.0500. The van der Waals surface area contributed by atoms with Crippen molar-refractivity contribution in [3.63, 3.8) is 0 Å². The van der Waals surface area contributed by atoms with Crippen LogP contribution in [0.5, 0.6) is 0 Å². The smallest absolute Gasteiger partial charge is 0.0451 e. The molecule has 1 rings (SSSR count). The van der Waals surface area contributed by atoms with Gasteiger partial charge >= 0.3 is 0 Å². The van der Waals surface area contributed by atoms with Gasteiger partial charge < -0.3 is 5.32 Å². The molecule has 0 bridgehead atoms. The summed E-state index contributed by atoms with van der Waals surface area (Å²) in [5.41, 5.74) is 1.05. The van der Waals surface area contributed by atoms with Crippen LogP contribution < -0.4 is 5.32 Å². The standard InChI is InChI=1S/C9H11Cl2N.ClH/c1-2-12-6-7-5-8(10)3-4-9(7)11;/h3-5,12H,2,6H2,1H3;1H. The topological polar surface area (TPSA) is 12.0 Å². The summed E-state index contributed by atoms with van der Waals surface area (Å²) in [5.74, 6) is 0. The first-order chi connectivity index (χ1) is 5.74. The maximum atomic E-state index is 5.93. The van der Waals surface area contributed by atoms with Gasteiger partial charge in [-0.1, -0.05) is 30.1 Å². The van der Waals surface area contributed by atoms with Gasteiger partial charge in [0.25, 0.3) is 0 Å². The van der Waals surface area contributed by atoms with Crippen LogP contribution in [-0.2, 0) is 6.54 Å². The van der Waals surface area contributed by atoms with Crippen molar-refractivity contribution in [2.24, 2.45) is 0 Å². The first-order valence-electron chi connectivity index (χ1n) is 3.88. The molecule has 1 aromatic carbocycles. The molecular weight excluding hydrogens is 228 g/mol. The molecule has 0 radical (unpaired) electrons. The molecule has 0 unspecified atom stereocenters. The Morgan fingerprint density at radius 1 is 1.31 bits per heavy atom. The van der Waals surface area contributed by atoms with Crippen LogP contribution in [0.25, 0.3) is 0 Å². The third-order valence-electron chi connectivity index (χ3n) is 1.57. The summed E-state index contributed by atoms with van der Waals surface area (Å²) in [6.45, 7) is 3.76. The van der Waals surface area contributed by atoms with Crippen molar-refractivity contribution in [2.45, 2.75) is 13.5 Å². The van der Waals surface area contributed by atoms with Crippen LogP contribution in [0.1, 0.15) is 12.5 Å². The quantitative estimate of drug-likeness (QED) is 0.852. The summed E-state index contributed by atoms with van der Waals surface area (Å²) in [5, 5.41) is 4.68. The summed E-state index contributed by atoms with van der Waals surface area (Å²) >= 11 is 11.7. The summed E-state index contributed by atoms with van der Waals surface area (Å²) < 4.78 is 0. The molecule has 0 aromatic heterocycles. The Morgan fingerprint density at radius 3 is 2.62 bits per heavy atom. The monoisotopic (exact) mass is 239 g/mol. The van der Waals surface area contributed by atoms with Gasteiger partial charge in [-0.05, 0) is 30.3 Å². The van der Waals surface area contributed by atoms with Crippen molar-refractivity contribution in [1.29, 1.82) is 0 Å². The lowest BCUT2D eigenvalue weighted by Gasteiger charge is -2.04. The highest BCUT2D eigenvalue weighted by Gasteiger charge is 1.99. The van der Waals surface area contributed by atoms with E-state index in [1.165, 1.54) is 0 Å². The van der Waals surface area contributed by atoms with Crippen LogP contribution in [0.2, 0.25) is 10.0 Å². The van der Waals surface area contributed by atoms with Crippen molar-refractivity contribution in [2.75, 3.05) is 6.54 Å². The summed E-state index contributed by atoms with van der Waals surface area (Å²) in [7, 11) is 0. The van der Waals surface area contributed by atoms with E-state index >= 15 is 0 Å². The Bertz CT molecular complexity index is 263. The van der Waals surface area contributed by atoms with E-state index in [0.29, 0.717) is 0 Å². The van der Waals surface area contributed by atoms with E-state index < -0.39 is 0 Å². The lowest BCUT2D eigenvalue weighted by Crippen LogP contribution is -2.11. The number of halogens is 3. The number of hydrogen-bond acceptors (Lipinski definition) is 1. The van der Waals surface area contributed by atoms with Crippen LogP contribution in [0.4, 0.5) is 0 Å². The lowest BCUT2D eigenvalue weighted by molar-refractivity contribution is 0.727. The van der Waals surface area contributed by atoms with Crippen LogP contribution >= 0.6 is 35.6 Å². The Balaban J connectivity index is 0.00000144. The predicted octanol–water partition coefficient (Wildman–Crippen LogP) is 3.52. The molecule has 0 aliphatic rings. The minimum atomic E-state index is 0. The second-order valence-corrected chi connectivity index (χ2v) is 3.36. The minimum Gasteiger partial charge on any atom is -0.313 e. The van der Waals surface area contributed by atoms with Crippen molar-refractivity contribution in [1.82, 2.24) is 5.32 Å². The van der Waals surface area contributed by atoms with Crippen molar-refractivity contribution in [3.8, 4) is 0 Å². The molecule has 0 aliphatic carbocycles. The predicted molar refractivity (Wildman–Crippen MR) is 61.1 cm³/mol. The summed E-state index contributed by atoms with van der Waals surface area (Å²) in [6.07, 6.45) is 0. The highest BCUT2D eigenvalue weighted by Crippen LogP contribution is 2.20. The maximum absolute atomic E-state index is 5.93. The van der Waals surface area contributed by atoms with Gasteiger partial charge in [0.2, 0.25) is 0 Å². The maximum Gasteiger partial charge on any atom is 0.0451 e. The third kappa shape index (κ3) is 4.19. The van der Waals surface area contributed by atoms with Gasteiger partial charge in [0.05, 0.1) is 0 Å². The van der Waals surface area contributed by atoms with E-state index in [9.17, 15) is 0 Å². The Kier molecular flexibility index (Phi) is 6.52. The molecule has 0 atom stereocenters. The van der Waals surface area contributed by atoms with E-state index in [2.05, 4.69) is 12.2 Å². The molecule has 0 heterocycles. The van der Waals surface area contributed by atoms with Gasteiger partial charge in [0, 0.05) is 16.6 Å². The van der Waals surface area contributed by atoms with Crippen LogP contribution in [0.3, 0.4) is 0 Å². The molecule has 0 amide bonds. The molecule has 1 nitrogen and oxygen atoms in total. The van der Waals surface area contributed by atoms with Gasteiger partial charge in [-0.3, -0.25) is 0 Å². The second-order valence-electron chi connectivity index (χ2n) is 2.52. The lowest BCUT2D eigenvalue weighted by atomic mass is 10.2. The average molecular weight is 241 g/mol. The van der Waals surface area contributed by atoms with E-state index in [-0.39, 0.29) is 12.4 Å². The molecule has 0 aliphatic heterocycles. The van der Waals surface area contributed by atoms with Gasteiger partial charge in [-0.2, -0.15) is 0 Å². The second kappa shape index (κ2) is 6.50. The van der Waals surface area contributed by atoms with Gasteiger partial charge in [-0.15, -0.1) is 12.4 Å². The fourth-order valence-electron chi connectivity index (χ4n) is 0.938. The van der Waals surface area contributed by atoms with Crippen molar-refractivity contribution >= 4 is 35.6 Å². The first kappa shape index (κ1) is 13.1. The third-order valence-corrected chi connectivity index (χ3v) is 2.18. The fraction of sp³-hybridized carbons (Fsp3) is 0.333. The molecule has 13 heavy (non-hydrogen) atoms. The van der Waals surface area contributed by atoms with E-state index in [1.54, 1.807) is 6.07 Å². The number of benzene rings is 1. The normalized spacial score (nSPS) is 9.46. The van der Waals surface area contributed by atoms with Crippen LogP contribution in [-0.4, -0.2) is 6.54 Å². The number of rotatable bonds is 3. The zero-order chi connectivity index (χ0) is 8.97. The molecule has 4 heteroatoms. The van der Waals surface area contributed by atoms with Crippen LogP contribution in [0, 0.1) is 0 Å². The van der Waals surface area contributed by atoms with Gasteiger partial charge in [-0.25, -0.2) is 0 Å². The van der Waals surface area contributed by atoms with E-state index in [0.717, 1.165) is 28.7 Å². The first-order valence-corrected chi connectivity index (χ1v) is 4.64. The average Bonchev–Trinajstić information content (AvgIpc) is 2.07. The molecule has 0 fully saturated rings. The highest BCUT2D eigenvalue weighted by molar-refractivity contribution is 6.33. The molecule has 0 spiro atoms. The van der Waals surface area contributed by atoms with E-state index in [1.807, 2.05) is 12.1 Å². The molecule has 0 saturated carbocycles. The SMILES string of the molecule is CCNCc1cc(Cl)ccc1Cl.Cl. The highest BCUT2D eigenvalue weighted by atomic mass is 35.5. The Labute approximate surface area is 94.8 Å². The van der Waals surface area contributed by atoms with Gasteiger partial charge in [0.15, 0.2) is 0 Å². The van der Waals surface area contributed by atoms with Crippen LogP contribution in [0.15, 0.2) is 18.2 Å². The molecule has 1 N–H and O–H groups in total. The molecule has 1 aromatic rings. The summed E-state index contributed by atoms with van der Waals surface area (Å²) in [6, 6.07) is 5.49.